The van der Waals surface area contributed by atoms with E-state index < -0.39 is 0 Å². The SMILES string of the molecule is CC(C)(C)c1ccc(N2B3c4cc5sc6ccccc6c5cc4-n4c5ccc(C(C)(C)C)cc5c5c6c(c(c3c54)-c3cc4c(cc32)C(C)(C)c2ccc(C(C)(C)C)cc2-4)-c2ccccc2C6(C)C)cc1. The number of rotatable bonds is 1. The van der Waals surface area contributed by atoms with Gasteiger partial charge in [0.05, 0.1) is 11.0 Å². The highest BCUT2D eigenvalue weighted by Crippen LogP contribution is 2.61. The Labute approximate surface area is 418 Å². The van der Waals surface area contributed by atoms with Gasteiger partial charge in [-0.05, 0) is 149 Å². The van der Waals surface area contributed by atoms with Gasteiger partial charge >= 0.3 is 6.85 Å². The maximum atomic E-state index is 2.78. The topological polar surface area (TPSA) is 8.17 Å². The molecule has 14 rings (SSSR count). The van der Waals surface area contributed by atoms with E-state index in [0.717, 1.165) is 0 Å². The fourth-order valence-electron chi connectivity index (χ4n) is 13.7. The van der Waals surface area contributed by atoms with E-state index in [0.29, 0.717) is 0 Å². The normalized spacial score (nSPS) is 16.0. The van der Waals surface area contributed by atoms with Crippen molar-refractivity contribution in [3.05, 3.63) is 172 Å². The molecule has 0 radical (unpaired) electrons. The Morgan fingerprint density at radius 2 is 1.11 bits per heavy atom. The Bertz CT molecular complexity index is 4000. The van der Waals surface area contributed by atoms with Crippen LogP contribution in [0.15, 0.2) is 133 Å². The van der Waals surface area contributed by atoms with Crippen molar-refractivity contribution in [2.45, 2.75) is 117 Å². The molecule has 2 nitrogen and oxygen atoms in total. The van der Waals surface area contributed by atoms with E-state index in [9.17, 15) is 0 Å². The van der Waals surface area contributed by atoms with E-state index in [1.165, 1.54) is 142 Å². The van der Waals surface area contributed by atoms with E-state index in [1.807, 2.05) is 11.3 Å². The van der Waals surface area contributed by atoms with Crippen molar-refractivity contribution in [1.29, 1.82) is 0 Å². The summed E-state index contributed by atoms with van der Waals surface area (Å²) >= 11 is 1.94. The Morgan fingerprint density at radius 3 is 1.86 bits per heavy atom. The summed E-state index contributed by atoms with van der Waals surface area (Å²) in [6, 6.07) is 53.3. The van der Waals surface area contributed by atoms with E-state index in [2.05, 4.69) is 233 Å². The molecule has 4 heterocycles. The number of aromatic nitrogens is 1. The summed E-state index contributed by atoms with van der Waals surface area (Å²) in [5.41, 5.74) is 26.9. The van der Waals surface area contributed by atoms with Gasteiger partial charge in [-0.3, -0.25) is 0 Å². The molecule has 8 aromatic carbocycles. The molecule has 0 amide bonds. The molecule has 0 saturated carbocycles. The molecule has 10 aromatic rings. The van der Waals surface area contributed by atoms with Crippen molar-refractivity contribution in [3.63, 3.8) is 0 Å². The van der Waals surface area contributed by atoms with Crippen LogP contribution in [0.2, 0.25) is 0 Å². The van der Waals surface area contributed by atoms with Crippen LogP contribution in [-0.4, -0.2) is 11.4 Å². The second-order valence-electron chi connectivity index (χ2n) is 25.4. The molecule has 0 N–H and O–H groups in total. The van der Waals surface area contributed by atoms with Crippen molar-refractivity contribution in [3.8, 4) is 39.1 Å². The zero-order chi connectivity index (χ0) is 48.5. The predicted molar refractivity (Wildman–Crippen MR) is 304 cm³/mol. The maximum absolute atomic E-state index is 2.78. The predicted octanol–water partition coefficient (Wildman–Crippen LogP) is 16.9. The van der Waals surface area contributed by atoms with E-state index in [1.54, 1.807) is 0 Å². The first-order valence-electron chi connectivity index (χ1n) is 25.6. The van der Waals surface area contributed by atoms with Crippen LogP contribution in [0.25, 0.3) is 81.0 Å². The Hall–Kier alpha value is -6.36. The summed E-state index contributed by atoms with van der Waals surface area (Å²) in [5, 5.41) is 5.44. The highest BCUT2D eigenvalue weighted by atomic mass is 32.1. The molecule has 0 saturated heterocycles. The summed E-state index contributed by atoms with van der Waals surface area (Å²) in [5.74, 6) is 0. The van der Waals surface area contributed by atoms with Gasteiger partial charge < -0.3 is 9.38 Å². The molecule has 4 aliphatic rings. The van der Waals surface area contributed by atoms with Gasteiger partial charge in [-0.15, -0.1) is 11.3 Å². The van der Waals surface area contributed by atoms with Crippen LogP contribution >= 0.6 is 11.3 Å². The number of thiophene rings is 1. The van der Waals surface area contributed by atoms with Crippen molar-refractivity contribution >= 4 is 82.5 Å². The Balaban J connectivity index is 1.22. The van der Waals surface area contributed by atoms with Gasteiger partial charge in [0.1, 0.15) is 0 Å². The molecule has 2 aliphatic carbocycles. The molecule has 0 unspecified atom stereocenters. The van der Waals surface area contributed by atoms with Crippen LogP contribution in [0.3, 0.4) is 0 Å². The summed E-state index contributed by atoms with van der Waals surface area (Å²) in [4.78, 5) is 2.78. The monoisotopic (exact) mass is 924 g/mol. The fraction of sp³-hybridized carbons (Fsp3) is 0.273. The van der Waals surface area contributed by atoms with Crippen molar-refractivity contribution in [2.75, 3.05) is 4.81 Å². The molecule has 70 heavy (non-hydrogen) atoms. The fourth-order valence-corrected chi connectivity index (χ4v) is 14.8. The van der Waals surface area contributed by atoms with Gasteiger partial charge in [-0.2, -0.15) is 0 Å². The second-order valence-corrected chi connectivity index (χ2v) is 26.5. The number of anilines is 2. The standard InChI is InChI=1S/C66H61BN2S/c1-62(2,3)36-22-26-39(27-23-36)69-52-34-49-43(42-30-37(63(4,5)6)24-28-48(42)65(49,10)11)32-46(52)57-56-41-19-14-16-20-47(41)66(12,13)59(56)58-45-31-38(64(7,8)9)25-29-51(45)68-53-33-44-40-18-15-17-21-54(40)70-55(44)35-50(53)67(69)60(57)61(58)68/h14-35H,1-13H3. The third kappa shape index (κ3) is 5.36. The number of benzene rings is 8. The lowest BCUT2D eigenvalue weighted by molar-refractivity contribution is 0.589. The average molecular weight is 925 g/mol. The molecule has 2 aliphatic heterocycles. The quantitative estimate of drug-likeness (QED) is 0.149. The van der Waals surface area contributed by atoms with E-state index in [4.69, 9.17) is 0 Å². The van der Waals surface area contributed by atoms with Crippen LogP contribution in [0, 0.1) is 0 Å². The molecule has 0 atom stereocenters. The number of fused-ring (bicyclic) bond motifs is 19. The molecule has 0 fully saturated rings. The van der Waals surface area contributed by atoms with Crippen molar-refractivity contribution in [2.24, 2.45) is 0 Å². The van der Waals surface area contributed by atoms with Crippen molar-refractivity contribution in [1.82, 2.24) is 4.57 Å². The lowest BCUT2D eigenvalue weighted by atomic mass is 9.43. The minimum atomic E-state index is -0.256. The summed E-state index contributed by atoms with van der Waals surface area (Å²) in [6.45, 7) is 30.9. The van der Waals surface area contributed by atoms with Crippen LogP contribution in [-0.2, 0) is 27.1 Å². The second kappa shape index (κ2) is 13.3. The first-order valence-corrected chi connectivity index (χ1v) is 26.4. The van der Waals surface area contributed by atoms with Gasteiger partial charge in [0.2, 0.25) is 0 Å². The van der Waals surface area contributed by atoms with Crippen LogP contribution in [0.4, 0.5) is 11.4 Å². The van der Waals surface area contributed by atoms with Gasteiger partial charge in [0.25, 0.3) is 0 Å². The number of hydrogen-bond acceptors (Lipinski definition) is 2. The van der Waals surface area contributed by atoms with Gasteiger partial charge in [0.15, 0.2) is 0 Å². The van der Waals surface area contributed by atoms with E-state index in [-0.39, 0.29) is 33.9 Å². The zero-order valence-electron chi connectivity index (χ0n) is 43.1. The lowest BCUT2D eigenvalue weighted by Gasteiger charge is -2.43. The number of nitrogens with zero attached hydrogens (tertiary/aromatic N) is 2. The smallest absolute Gasteiger partial charge is 0.333 e. The third-order valence-corrected chi connectivity index (χ3v) is 18.5. The molecule has 344 valence electrons. The molecular formula is C66H61BN2S. The number of hydrogen-bond donors (Lipinski definition) is 0. The van der Waals surface area contributed by atoms with Crippen LogP contribution in [0.5, 0.6) is 0 Å². The summed E-state index contributed by atoms with van der Waals surface area (Å²) in [6.07, 6.45) is 0. The zero-order valence-corrected chi connectivity index (χ0v) is 43.9. The molecular weight excluding hydrogens is 864 g/mol. The summed E-state index contributed by atoms with van der Waals surface area (Å²) < 4.78 is 5.40. The largest absolute Gasteiger partial charge is 0.376 e. The highest BCUT2D eigenvalue weighted by Gasteiger charge is 2.51. The Morgan fingerprint density at radius 1 is 0.471 bits per heavy atom. The highest BCUT2D eigenvalue weighted by molar-refractivity contribution is 7.26. The summed E-state index contributed by atoms with van der Waals surface area (Å²) in [7, 11) is 0. The van der Waals surface area contributed by atoms with Crippen molar-refractivity contribution < 1.29 is 0 Å². The maximum Gasteiger partial charge on any atom is 0.333 e. The van der Waals surface area contributed by atoms with Gasteiger partial charge in [0, 0.05) is 64.4 Å². The Kier molecular flexibility index (Phi) is 8.10. The molecule has 0 spiro atoms. The minimum absolute atomic E-state index is 0.0207. The third-order valence-electron chi connectivity index (χ3n) is 17.4. The first-order chi connectivity index (χ1) is 33.1. The molecule has 0 bridgehead atoms. The first kappa shape index (κ1) is 42.5. The average Bonchev–Trinajstić information content (AvgIpc) is 3.99. The van der Waals surface area contributed by atoms with E-state index >= 15 is 0 Å². The van der Waals surface area contributed by atoms with Crippen LogP contribution in [0.1, 0.15) is 129 Å². The minimum Gasteiger partial charge on any atom is -0.376 e. The molecule has 4 heteroatoms. The lowest BCUT2D eigenvalue weighted by Crippen LogP contribution is -2.60. The van der Waals surface area contributed by atoms with Gasteiger partial charge in [-0.1, -0.05) is 169 Å². The van der Waals surface area contributed by atoms with Gasteiger partial charge in [-0.25, -0.2) is 0 Å². The van der Waals surface area contributed by atoms with Crippen LogP contribution < -0.4 is 15.7 Å². The molecule has 2 aromatic heterocycles.